The first-order valence-electron chi connectivity index (χ1n) is 6.39. The highest BCUT2D eigenvalue weighted by Gasteiger charge is 2.17. The van der Waals surface area contributed by atoms with E-state index in [0.29, 0.717) is 11.4 Å². The second kappa shape index (κ2) is 5.57. The van der Waals surface area contributed by atoms with Crippen molar-refractivity contribution in [2.45, 2.75) is 6.92 Å². The molecule has 0 aliphatic rings. The van der Waals surface area contributed by atoms with Crippen molar-refractivity contribution in [1.29, 1.82) is 0 Å². The van der Waals surface area contributed by atoms with Gasteiger partial charge in [0.15, 0.2) is 0 Å². The first-order valence-corrected chi connectivity index (χ1v) is 6.77. The fourth-order valence-electron chi connectivity index (χ4n) is 1.95. The topological polar surface area (TPSA) is 82.1 Å². The summed E-state index contributed by atoms with van der Waals surface area (Å²) in [5.41, 5.74) is 2.18. The van der Waals surface area contributed by atoms with E-state index >= 15 is 0 Å². The number of rotatable bonds is 3. The van der Waals surface area contributed by atoms with Crippen LogP contribution in [0.4, 0.5) is 5.69 Å². The Labute approximate surface area is 130 Å². The highest BCUT2D eigenvalue weighted by Crippen LogP contribution is 2.30. The highest BCUT2D eigenvalue weighted by molar-refractivity contribution is 6.32. The predicted octanol–water partition coefficient (Wildman–Crippen LogP) is 4.27. The number of hydrogen-bond acceptors (Lipinski definition) is 5. The van der Waals surface area contributed by atoms with Crippen molar-refractivity contribution in [1.82, 2.24) is 10.1 Å². The van der Waals surface area contributed by atoms with E-state index in [0.717, 1.165) is 11.1 Å². The van der Waals surface area contributed by atoms with E-state index in [1.165, 1.54) is 12.1 Å². The number of aromatic nitrogens is 2. The molecule has 0 bridgehead atoms. The molecule has 0 saturated heterocycles. The van der Waals surface area contributed by atoms with Crippen LogP contribution >= 0.6 is 11.6 Å². The molecular weight excluding hydrogens is 306 g/mol. The van der Waals surface area contributed by atoms with Gasteiger partial charge in [0.25, 0.3) is 11.6 Å². The Bertz CT molecular complexity index is 843. The van der Waals surface area contributed by atoms with Crippen LogP contribution < -0.4 is 0 Å². The predicted molar refractivity (Wildman–Crippen MR) is 81.6 cm³/mol. The van der Waals surface area contributed by atoms with Gasteiger partial charge >= 0.3 is 0 Å². The fraction of sp³-hybridized carbons (Fsp3) is 0.0667. The van der Waals surface area contributed by atoms with E-state index in [1.807, 2.05) is 31.2 Å². The number of nitrogens with zero attached hydrogens (tertiary/aromatic N) is 3. The van der Waals surface area contributed by atoms with Crippen LogP contribution in [0.5, 0.6) is 0 Å². The molecule has 0 radical (unpaired) electrons. The largest absolute Gasteiger partial charge is 0.334 e. The van der Waals surface area contributed by atoms with Crippen LogP contribution in [0.25, 0.3) is 22.8 Å². The summed E-state index contributed by atoms with van der Waals surface area (Å²) in [5, 5.41) is 14.9. The summed E-state index contributed by atoms with van der Waals surface area (Å²) in [6.45, 7) is 1.98. The monoisotopic (exact) mass is 315 g/mol. The first kappa shape index (κ1) is 14.2. The van der Waals surface area contributed by atoms with E-state index in [4.69, 9.17) is 16.1 Å². The number of nitro groups is 1. The lowest BCUT2D eigenvalue weighted by molar-refractivity contribution is -0.384. The molecule has 0 N–H and O–H groups in total. The van der Waals surface area contributed by atoms with E-state index in [1.54, 1.807) is 6.07 Å². The van der Waals surface area contributed by atoms with Gasteiger partial charge < -0.3 is 4.52 Å². The van der Waals surface area contributed by atoms with Crippen LogP contribution in [0, 0.1) is 17.0 Å². The lowest BCUT2D eigenvalue weighted by Gasteiger charge is -1.97. The summed E-state index contributed by atoms with van der Waals surface area (Å²) in [6.07, 6.45) is 0. The zero-order valence-electron chi connectivity index (χ0n) is 11.5. The van der Waals surface area contributed by atoms with Crippen LogP contribution in [-0.2, 0) is 0 Å². The molecule has 0 atom stereocenters. The van der Waals surface area contributed by atoms with Gasteiger partial charge in [0.1, 0.15) is 5.02 Å². The maximum atomic E-state index is 10.9. The first-order chi connectivity index (χ1) is 10.5. The molecule has 0 amide bonds. The molecule has 3 rings (SSSR count). The molecule has 110 valence electrons. The molecule has 7 heteroatoms. The fourth-order valence-corrected chi connectivity index (χ4v) is 2.13. The minimum absolute atomic E-state index is 0.0621. The second-order valence-electron chi connectivity index (χ2n) is 4.71. The molecule has 0 spiro atoms. The molecular formula is C15H10ClN3O3. The van der Waals surface area contributed by atoms with Gasteiger partial charge in [0.2, 0.25) is 5.82 Å². The molecule has 0 fully saturated rings. The zero-order valence-corrected chi connectivity index (χ0v) is 12.2. The summed E-state index contributed by atoms with van der Waals surface area (Å²) < 4.78 is 5.18. The van der Waals surface area contributed by atoms with Crippen molar-refractivity contribution in [3.05, 3.63) is 63.2 Å². The molecule has 1 aromatic heterocycles. The Kier molecular flexibility index (Phi) is 3.60. The van der Waals surface area contributed by atoms with Crippen molar-refractivity contribution in [3.63, 3.8) is 0 Å². The maximum Gasteiger partial charge on any atom is 0.288 e. The third kappa shape index (κ3) is 2.68. The highest BCUT2D eigenvalue weighted by atomic mass is 35.5. The number of nitro benzene ring substituents is 1. The Morgan fingerprint density at radius 2 is 1.82 bits per heavy atom. The van der Waals surface area contributed by atoms with Gasteiger partial charge in [-0.2, -0.15) is 4.98 Å². The SMILES string of the molecule is Cc1ccc(-c2noc(-c3ccc(Cl)c([N+](=O)[O-])c3)n2)cc1. The Morgan fingerprint density at radius 3 is 2.50 bits per heavy atom. The molecule has 1 heterocycles. The third-order valence-corrected chi connectivity index (χ3v) is 3.45. The Balaban J connectivity index is 1.99. The molecule has 2 aromatic carbocycles. The number of aryl methyl sites for hydroxylation is 1. The van der Waals surface area contributed by atoms with Crippen molar-refractivity contribution in [3.8, 4) is 22.8 Å². The van der Waals surface area contributed by atoms with E-state index in [2.05, 4.69) is 10.1 Å². The average Bonchev–Trinajstić information content (AvgIpc) is 2.98. The normalized spacial score (nSPS) is 10.6. The van der Waals surface area contributed by atoms with Crippen molar-refractivity contribution in [2.24, 2.45) is 0 Å². The Morgan fingerprint density at radius 1 is 1.14 bits per heavy atom. The van der Waals surface area contributed by atoms with E-state index in [9.17, 15) is 10.1 Å². The standard InChI is InChI=1S/C15H10ClN3O3/c1-9-2-4-10(5-3-9)14-17-15(22-18-14)11-6-7-12(16)13(8-11)19(20)21/h2-8H,1H3. The zero-order chi connectivity index (χ0) is 15.7. The molecule has 0 unspecified atom stereocenters. The van der Waals surface area contributed by atoms with E-state index < -0.39 is 4.92 Å². The van der Waals surface area contributed by atoms with Crippen LogP contribution in [0.3, 0.4) is 0 Å². The smallest absolute Gasteiger partial charge is 0.288 e. The molecule has 0 aliphatic carbocycles. The van der Waals surface area contributed by atoms with Gasteiger partial charge in [-0.3, -0.25) is 10.1 Å². The van der Waals surface area contributed by atoms with E-state index in [-0.39, 0.29) is 16.6 Å². The lowest BCUT2D eigenvalue weighted by atomic mass is 10.1. The molecule has 3 aromatic rings. The van der Waals surface area contributed by atoms with Crippen LogP contribution in [-0.4, -0.2) is 15.1 Å². The Hall–Kier alpha value is -2.73. The minimum atomic E-state index is -0.552. The quantitative estimate of drug-likeness (QED) is 0.532. The third-order valence-electron chi connectivity index (χ3n) is 3.13. The van der Waals surface area contributed by atoms with Gasteiger partial charge in [0.05, 0.1) is 4.92 Å². The lowest BCUT2D eigenvalue weighted by Crippen LogP contribution is -1.90. The van der Waals surface area contributed by atoms with Crippen LogP contribution in [0.1, 0.15) is 5.56 Å². The number of hydrogen-bond donors (Lipinski definition) is 0. The second-order valence-corrected chi connectivity index (χ2v) is 5.12. The summed E-state index contributed by atoms with van der Waals surface area (Å²) in [4.78, 5) is 14.6. The van der Waals surface area contributed by atoms with Crippen LogP contribution in [0.15, 0.2) is 47.0 Å². The van der Waals surface area contributed by atoms with Gasteiger partial charge in [-0.05, 0) is 19.1 Å². The molecule has 22 heavy (non-hydrogen) atoms. The van der Waals surface area contributed by atoms with Crippen molar-refractivity contribution < 1.29 is 9.45 Å². The number of halogens is 1. The van der Waals surface area contributed by atoms with Gasteiger partial charge in [0, 0.05) is 17.2 Å². The summed E-state index contributed by atoms with van der Waals surface area (Å²) in [6, 6.07) is 12.0. The molecule has 0 aliphatic heterocycles. The maximum absolute atomic E-state index is 10.9. The molecule has 6 nitrogen and oxygen atoms in total. The van der Waals surface area contributed by atoms with Crippen molar-refractivity contribution in [2.75, 3.05) is 0 Å². The van der Waals surface area contributed by atoms with Gasteiger partial charge in [-0.25, -0.2) is 0 Å². The van der Waals surface area contributed by atoms with Crippen LogP contribution in [0.2, 0.25) is 5.02 Å². The van der Waals surface area contributed by atoms with Gasteiger partial charge in [-0.1, -0.05) is 46.6 Å². The average molecular weight is 316 g/mol. The molecule has 0 saturated carbocycles. The summed E-state index contributed by atoms with van der Waals surface area (Å²) in [7, 11) is 0. The summed E-state index contributed by atoms with van der Waals surface area (Å²) in [5.74, 6) is 0.628. The van der Waals surface area contributed by atoms with Gasteiger partial charge in [-0.15, -0.1) is 0 Å². The van der Waals surface area contributed by atoms with Crippen molar-refractivity contribution >= 4 is 17.3 Å². The minimum Gasteiger partial charge on any atom is -0.334 e. The summed E-state index contributed by atoms with van der Waals surface area (Å²) >= 11 is 5.79. The number of benzene rings is 2.